The molecule has 2 aromatic heterocycles. The molecule has 0 radical (unpaired) electrons. The molecule has 1 saturated heterocycles. The van der Waals surface area contributed by atoms with Gasteiger partial charge in [-0.15, -0.1) is 0 Å². The number of aromatic nitrogens is 3. The summed E-state index contributed by atoms with van der Waals surface area (Å²) < 4.78 is 8.32. The van der Waals surface area contributed by atoms with E-state index in [1.165, 1.54) is 17.5 Å². The van der Waals surface area contributed by atoms with Gasteiger partial charge in [-0.25, -0.2) is 9.97 Å². The van der Waals surface area contributed by atoms with E-state index in [-0.39, 0.29) is 11.5 Å². The van der Waals surface area contributed by atoms with Crippen LogP contribution in [0.4, 0.5) is 0 Å². The van der Waals surface area contributed by atoms with Gasteiger partial charge in [-0.2, -0.15) is 0 Å². The number of likely N-dealkylation sites (tertiary alicyclic amines) is 1. The van der Waals surface area contributed by atoms with E-state index in [0.29, 0.717) is 36.8 Å². The SMILES string of the molecule is O=C(c1cn(Cc2cncnc2)c2cc(Cl)ccc12)N1CCC2(CC1)OCc1ccccc12. The zero-order chi connectivity index (χ0) is 22.4. The van der Waals surface area contributed by atoms with Crippen molar-refractivity contribution in [3.05, 3.63) is 94.7 Å². The van der Waals surface area contributed by atoms with Crippen LogP contribution in [0.1, 0.15) is 39.9 Å². The van der Waals surface area contributed by atoms with Gasteiger partial charge in [-0.05, 0) is 36.1 Å². The molecule has 1 fully saturated rings. The Morgan fingerprint density at radius 1 is 1.09 bits per heavy atom. The first-order valence-corrected chi connectivity index (χ1v) is 11.5. The molecule has 7 heteroatoms. The van der Waals surface area contributed by atoms with Crippen molar-refractivity contribution in [3.63, 3.8) is 0 Å². The highest BCUT2D eigenvalue weighted by atomic mass is 35.5. The molecule has 33 heavy (non-hydrogen) atoms. The number of fused-ring (bicyclic) bond motifs is 3. The molecule has 0 aliphatic carbocycles. The van der Waals surface area contributed by atoms with Crippen molar-refractivity contribution in [2.24, 2.45) is 0 Å². The summed E-state index contributed by atoms with van der Waals surface area (Å²) >= 11 is 6.29. The molecule has 0 unspecified atom stereocenters. The molecule has 6 rings (SSSR count). The highest BCUT2D eigenvalue weighted by Crippen LogP contribution is 2.44. The number of hydrogen-bond donors (Lipinski definition) is 0. The van der Waals surface area contributed by atoms with E-state index in [9.17, 15) is 4.79 Å². The zero-order valence-corrected chi connectivity index (χ0v) is 18.8. The Hall–Kier alpha value is -3.22. The van der Waals surface area contributed by atoms with Crippen molar-refractivity contribution < 1.29 is 9.53 Å². The summed E-state index contributed by atoms with van der Waals surface area (Å²) in [5.41, 5.74) is 4.88. The second kappa shape index (κ2) is 7.97. The predicted molar refractivity (Wildman–Crippen MR) is 126 cm³/mol. The molecule has 1 spiro atoms. The number of carbonyl (C=O) groups is 1. The van der Waals surface area contributed by atoms with E-state index in [4.69, 9.17) is 16.3 Å². The summed E-state index contributed by atoms with van der Waals surface area (Å²) in [4.78, 5) is 23.8. The standard InChI is InChI=1S/C26H23ClN4O2/c27-20-5-6-21-22(15-31(24(21)11-20)14-18-12-28-17-29-13-18)25(32)30-9-7-26(8-10-30)23-4-2-1-3-19(23)16-33-26/h1-6,11-13,15,17H,7-10,14,16H2. The van der Waals surface area contributed by atoms with Gasteiger partial charge in [0.2, 0.25) is 0 Å². The van der Waals surface area contributed by atoms with Crippen LogP contribution in [0.25, 0.3) is 10.9 Å². The lowest BCUT2D eigenvalue weighted by Crippen LogP contribution is -2.45. The fraction of sp³-hybridized carbons (Fsp3) is 0.269. The minimum absolute atomic E-state index is 0.0477. The van der Waals surface area contributed by atoms with E-state index >= 15 is 0 Å². The Balaban J connectivity index is 1.28. The van der Waals surface area contributed by atoms with Gasteiger partial charge in [0.15, 0.2) is 0 Å². The number of nitrogens with zero attached hydrogens (tertiary/aromatic N) is 4. The van der Waals surface area contributed by atoms with Crippen LogP contribution >= 0.6 is 11.6 Å². The van der Waals surface area contributed by atoms with Gasteiger partial charge in [-0.1, -0.05) is 41.9 Å². The Bertz CT molecular complexity index is 1340. The van der Waals surface area contributed by atoms with Crippen molar-refractivity contribution in [3.8, 4) is 0 Å². The van der Waals surface area contributed by atoms with Crippen LogP contribution in [-0.4, -0.2) is 38.4 Å². The van der Waals surface area contributed by atoms with Crippen LogP contribution in [0, 0.1) is 0 Å². The van der Waals surface area contributed by atoms with Gasteiger partial charge in [-0.3, -0.25) is 4.79 Å². The third-order valence-electron chi connectivity index (χ3n) is 6.91. The molecule has 6 nitrogen and oxygen atoms in total. The average molecular weight is 459 g/mol. The zero-order valence-electron chi connectivity index (χ0n) is 18.1. The number of halogens is 1. The third kappa shape index (κ3) is 3.50. The van der Waals surface area contributed by atoms with Gasteiger partial charge in [0.05, 0.1) is 29.8 Å². The fourth-order valence-electron chi connectivity index (χ4n) is 5.21. The van der Waals surface area contributed by atoms with Crippen LogP contribution < -0.4 is 0 Å². The molecule has 2 aliphatic heterocycles. The molecule has 0 N–H and O–H groups in total. The average Bonchev–Trinajstić information content (AvgIpc) is 3.38. The van der Waals surface area contributed by atoms with Crippen LogP contribution in [0.5, 0.6) is 0 Å². The minimum atomic E-state index is -0.262. The van der Waals surface area contributed by atoms with E-state index < -0.39 is 0 Å². The van der Waals surface area contributed by atoms with Crippen LogP contribution in [-0.2, 0) is 23.5 Å². The maximum Gasteiger partial charge on any atom is 0.256 e. The number of ether oxygens (including phenoxy) is 1. The first kappa shape index (κ1) is 20.4. The molecule has 0 bridgehead atoms. The van der Waals surface area contributed by atoms with Crippen LogP contribution in [0.15, 0.2) is 67.4 Å². The second-order valence-electron chi connectivity index (χ2n) is 8.81. The summed E-state index contributed by atoms with van der Waals surface area (Å²) in [6.45, 7) is 2.56. The summed E-state index contributed by atoms with van der Waals surface area (Å²) in [5.74, 6) is 0.0477. The van der Waals surface area contributed by atoms with Gasteiger partial charge < -0.3 is 14.2 Å². The molecule has 0 atom stereocenters. The molecule has 166 valence electrons. The molecule has 4 heterocycles. The van der Waals surface area contributed by atoms with Gasteiger partial charge in [0.25, 0.3) is 5.91 Å². The number of amides is 1. The Kier molecular flexibility index (Phi) is 4.93. The largest absolute Gasteiger partial charge is 0.365 e. The van der Waals surface area contributed by atoms with Crippen LogP contribution in [0.2, 0.25) is 5.02 Å². The first-order valence-electron chi connectivity index (χ1n) is 11.2. The molecule has 2 aliphatic rings. The van der Waals surface area contributed by atoms with Crippen LogP contribution in [0.3, 0.4) is 0 Å². The normalized spacial score (nSPS) is 16.9. The number of rotatable bonds is 3. The van der Waals surface area contributed by atoms with E-state index in [1.54, 1.807) is 12.4 Å². The minimum Gasteiger partial charge on any atom is -0.365 e. The molecular weight excluding hydrogens is 436 g/mol. The Labute approximate surface area is 196 Å². The van der Waals surface area contributed by atoms with Gasteiger partial charge in [0.1, 0.15) is 6.33 Å². The number of piperidine rings is 1. The maximum absolute atomic E-state index is 13.6. The molecule has 0 saturated carbocycles. The Morgan fingerprint density at radius 3 is 2.70 bits per heavy atom. The predicted octanol–water partition coefficient (Wildman–Crippen LogP) is 4.79. The third-order valence-corrected chi connectivity index (χ3v) is 7.15. The lowest BCUT2D eigenvalue weighted by Gasteiger charge is -2.39. The maximum atomic E-state index is 13.6. The Morgan fingerprint density at radius 2 is 1.88 bits per heavy atom. The lowest BCUT2D eigenvalue weighted by atomic mass is 9.83. The quantitative estimate of drug-likeness (QED) is 0.442. The summed E-state index contributed by atoms with van der Waals surface area (Å²) in [6.07, 6.45) is 8.63. The first-order chi connectivity index (χ1) is 16.1. The van der Waals surface area contributed by atoms with Crippen molar-refractivity contribution >= 4 is 28.4 Å². The molecule has 1 amide bonds. The summed E-state index contributed by atoms with van der Waals surface area (Å²) in [6, 6.07) is 14.1. The molecule has 2 aromatic carbocycles. The van der Waals surface area contributed by atoms with Gasteiger partial charge >= 0.3 is 0 Å². The van der Waals surface area contributed by atoms with E-state index in [1.807, 2.05) is 29.3 Å². The van der Waals surface area contributed by atoms with Crippen molar-refractivity contribution in [1.82, 2.24) is 19.4 Å². The van der Waals surface area contributed by atoms with E-state index in [0.717, 1.165) is 29.3 Å². The van der Waals surface area contributed by atoms with Crippen molar-refractivity contribution in [2.75, 3.05) is 13.1 Å². The van der Waals surface area contributed by atoms with E-state index in [2.05, 4.69) is 38.8 Å². The lowest BCUT2D eigenvalue weighted by molar-refractivity contribution is -0.0741. The molecular formula is C26H23ClN4O2. The number of hydrogen-bond acceptors (Lipinski definition) is 4. The van der Waals surface area contributed by atoms with Gasteiger partial charge in [0, 0.05) is 47.7 Å². The van der Waals surface area contributed by atoms with Crippen molar-refractivity contribution in [2.45, 2.75) is 31.6 Å². The highest BCUT2D eigenvalue weighted by Gasteiger charge is 2.43. The number of benzene rings is 2. The monoisotopic (exact) mass is 458 g/mol. The summed E-state index contributed by atoms with van der Waals surface area (Å²) in [5, 5.41) is 1.55. The van der Waals surface area contributed by atoms with Crippen molar-refractivity contribution in [1.29, 1.82) is 0 Å². The topological polar surface area (TPSA) is 60.2 Å². The fourth-order valence-corrected chi connectivity index (χ4v) is 5.38. The second-order valence-corrected chi connectivity index (χ2v) is 9.25. The number of carbonyl (C=O) groups excluding carboxylic acids is 1. The smallest absolute Gasteiger partial charge is 0.256 e. The highest BCUT2D eigenvalue weighted by molar-refractivity contribution is 6.31. The molecule has 4 aromatic rings. The summed E-state index contributed by atoms with van der Waals surface area (Å²) in [7, 11) is 0.